The number of benzene rings is 15. The van der Waals surface area contributed by atoms with E-state index >= 15 is 0 Å². The van der Waals surface area contributed by atoms with E-state index in [9.17, 15) is 20.9 Å². The second-order valence-corrected chi connectivity index (χ2v) is 34.5. The zero-order chi connectivity index (χ0) is 91.1. The van der Waals surface area contributed by atoms with Crippen LogP contribution < -0.4 is 44.6 Å². The van der Waals surface area contributed by atoms with Gasteiger partial charge in [0.2, 0.25) is 0 Å². The zero-order valence-electron chi connectivity index (χ0n) is 70.3. The SMILES string of the molecule is Brc1ccc(Br)c2nsnc12.CC(C)(C)[O-].N#Cc1ccc(-n2c3ccc(C#N)cc3c3cc(O[B]O)ccc32)cc1.[3H][B]P.[C-]#[N+]c1ccc2c(c1)c1cc(-c3ccc(Br)c4nsnc34)ccc1n2-c1ccc(C#N)cc1.[C-]#[N+]c1ccc2c(c1)c1cc(-c3ccc(Br)c4nsnc34)ccc1n2-c1ccc(C#N)cc1.[Na+].c1ccc(Nc2ccc(-c3ccccc3)cc2)cc1. The molecule has 1 unspecified atom stereocenters. The molecule has 19 nitrogen and oxygen atoms in total. The van der Waals surface area contributed by atoms with E-state index in [2.05, 4.69) is 261 Å². The van der Waals surface area contributed by atoms with E-state index in [1.54, 1.807) is 45.0 Å². The number of hydrogen-bond donors (Lipinski definition) is 2. The first-order chi connectivity index (χ1) is 63.2. The van der Waals surface area contributed by atoms with E-state index < -0.39 is 5.60 Å². The number of para-hydroxylation sites is 1. The van der Waals surface area contributed by atoms with E-state index in [1.165, 1.54) is 53.8 Å². The Morgan fingerprint density at radius 2 is 0.708 bits per heavy atom. The molecular formula is C100H64B2Br4N16NaO3PS3. The van der Waals surface area contributed by atoms with Gasteiger partial charge in [0.15, 0.2) is 11.4 Å². The van der Waals surface area contributed by atoms with Crippen LogP contribution in [0.4, 0.5) is 22.7 Å². The minimum Gasteiger partial charge on any atom is -0.850 e. The van der Waals surface area contributed by atoms with Gasteiger partial charge < -0.3 is 33.8 Å². The minimum absolute atomic E-state index is 0. The van der Waals surface area contributed by atoms with Crippen LogP contribution in [0.25, 0.3) is 159 Å². The predicted molar refractivity (Wildman–Crippen MR) is 542 cm³/mol. The topological polar surface area (TPSA) is 261 Å². The summed E-state index contributed by atoms with van der Waals surface area (Å²) in [5, 5.41) is 64.9. The van der Waals surface area contributed by atoms with Crippen molar-refractivity contribution in [1.29, 1.82) is 22.4 Å². The molecule has 0 spiro atoms. The number of aromatic nitrogens is 9. The monoisotopic (exact) mass is 2030 g/mol. The fourth-order valence-electron chi connectivity index (χ4n) is 14.6. The van der Waals surface area contributed by atoms with Crippen LogP contribution in [0, 0.1) is 58.5 Å². The Balaban J connectivity index is 0.000000133. The molecule has 6 aromatic heterocycles. The van der Waals surface area contributed by atoms with Crippen molar-refractivity contribution in [3.63, 3.8) is 0 Å². The molecule has 1 atom stereocenters. The van der Waals surface area contributed by atoms with Crippen LogP contribution in [0.2, 0.25) is 0 Å². The first kappa shape index (κ1) is 91.8. The summed E-state index contributed by atoms with van der Waals surface area (Å²) in [6.07, 6.45) is 0. The van der Waals surface area contributed by atoms with Gasteiger partial charge in [0.05, 0.1) is 128 Å². The third-order valence-corrected chi connectivity index (χ3v) is 24.4. The van der Waals surface area contributed by atoms with Gasteiger partial charge in [-0.15, -0.1) is 5.60 Å². The van der Waals surface area contributed by atoms with Gasteiger partial charge in [-0.3, -0.25) is 0 Å². The fourth-order valence-corrected chi connectivity index (χ4v) is 18.4. The van der Waals surface area contributed by atoms with Crippen molar-refractivity contribution in [1.82, 2.24) is 39.9 Å². The number of anilines is 2. The van der Waals surface area contributed by atoms with E-state index in [0.717, 1.165) is 167 Å². The van der Waals surface area contributed by atoms with E-state index in [4.69, 9.17) is 29.4 Å². The van der Waals surface area contributed by atoms with Crippen LogP contribution in [-0.4, -0.2) is 67.1 Å². The molecule has 30 heteroatoms. The maximum Gasteiger partial charge on any atom is 1.00 e. The Morgan fingerprint density at radius 1 is 0.408 bits per heavy atom. The summed E-state index contributed by atoms with van der Waals surface area (Å²) < 4.78 is 47.5. The molecule has 0 saturated carbocycles. The molecule has 130 heavy (non-hydrogen) atoms. The van der Waals surface area contributed by atoms with Crippen LogP contribution >= 0.6 is 108 Å². The van der Waals surface area contributed by atoms with Crippen molar-refractivity contribution in [2.75, 3.05) is 5.32 Å². The molecule has 0 aliphatic carbocycles. The number of rotatable bonds is 10. The molecule has 0 aliphatic heterocycles. The average Bonchev–Trinajstić information content (AvgIpc) is 1.59. The van der Waals surface area contributed by atoms with Crippen molar-refractivity contribution in [2.24, 2.45) is 0 Å². The van der Waals surface area contributed by atoms with Gasteiger partial charge in [-0.25, -0.2) is 9.69 Å². The van der Waals surface area contributed by atoms with E-state index in [0.29, 0.717) is 47.1 Å². The molecule has 0 saturated heterocycles. The Labute approximate surface area is 821 Å². The van der Waals surface area contributed by atoms with Crippen LogP contribution in [0.3, 0.4) is 0 Å². The number of nitriles is 4. The van der Waals surface area contributed by atoms with Crippen molar-refractivity contribution in [3.05, 3.63) is 366 Å². The van der Waals surface area contributed by atoms with E-state index in [-0.39, 0.29) is 29.6 Å². The molecule has 620 valence electrons. The van der Waals surface area contributed by atoms with Gasteiger partial charge in [0.1, 0.15) is 46.4 Å². The standard InChI is InChI=1S/2C26H12BrN5S.C20H11BN3O2.C18H15N.C6H2Br2N2S.C4H9O.BH3P.Na/c2*1-29-17-5-11-24-21(13-17)20-12-16(19-8-9-22(27)26-25(19)30-33-31-26)4-10-23(20)32(24)18-6-2-15(14-28)3-7-18;22-11-13-1-4-15(5-2-13)24-19-7-3-14(12-23)9-17(19)18-10-16(26-21-25)6-8-20(18)24;1-3-7-15(8-4-1)16-11-13-18(14-12-16)19-17-9-5-2-6-10-17;7-3-1-2-4(8)6-5(3)9-11-10-6;1-4(2,3)5;1-2;/h2*2-13H;1-10,25H;1-14,19H;1-2H;1-3H3;1H,2H2;/q;;;;;-1;;+1/i;;;;;;1T;. The van der Waals surface area contributed by atoms with Crippen molar-refractivity contribution >= 4 is 245 Å². The van der Waals surface area contributed by atoms with Crippen molar-refractivity contribution in [3.8, 4) is 80.5 Å². The Hall–Kier alpha value is -12.9. The molecule has 2 N–H and O–H groups in total. The number of nitrogens with one attached hydrogen (secondary N) is 1. The zero-order valence-corrected chi connectivity index (χ0v) is 81.3. The Kier molecular flexibility index (Phi) is 30.1. The average molecular weight is 2030 g/mol. The molecule has 6 heterocycles. The second-order valence-electron chi connectivity index (χ2n) is 29.5. The van der Waals surface area contributed by atoms with Crippen molar-refractivity contribution in [2.45, 2.75) is 26.4 Å². The van der Waals surface area contributed by atoms with Crippen LogP contribution in [0.5, 0.6) is 5.75 Å². The third-order valence-electron chi connectivity index (χ3n) is 20.3. The summed E-state index contributed by atoms with van der Waals surface area (Å²) in [5.74, 6) is 0.501. The summed E-state index contributed by atoms with van der Waals surface area (Å²) in [7, 11) is 3.93. The van der Waals surface area contributed by atoms with Crippen LogP contribution in [-0.2, 0) is 0 Å². The van der Waals surface area contributed by atoms with Crippen LogP contribution in [0.15, 0.2) is 321 Å². The molecule has 0 amide bonds. The molecular weight excluding hydrogens is 1960 g/mol. The molecule has 15 aromatic carbocycles. The first-order valence-electron chi connectivity index (χ1n) is 39.8. The summed E-state index contributed by atoms with van der Waals surface area (Å²) in [6, 6.07) is 107. The molecule has 21 aromatic rings. The summed E-state index contributed by atoms with van der Waals surface area (Å²) in [5.41, 5.74) is 25.7. The minimum atomic E-state index is -0.750. The van der Waals surface area contributed by atoms with Gasteiger partial charge in [-0.2, -0.15) is 56.4 Å². The van der Waals surface area contributed by atoms with Gasteiger partial charge in [-0.05, 0) is 304 Å². The molecule has 21 rings (SSSR count). The molecule has 2 radical (unpaired) electrons. The van der Waals surface area contributed by atoms with Crippen LogP contribution in [0.1, 0.15) is 43.0 Å². The van der Waals surface area contributed by atoms with Gasteiger partial charge >= 0.3 is 37.2 Å². The normalized spacial score (nSPS) is 10.7. The number of nitrogens with zero attached hydrogens (tertiary/aromatic N) is 15. The predicted octanol–water partition coefficient (Wildman–Crippen LogP) is 23.9. The first-order valence-corrected chi connectivity index (χ1v) is 45.3. The second kappa shape index (κ2) is 42.6. The largest absolute Gasteiger partial charge is 1.00 e. The van der Waals surface area contributed by atoms with Gasteiger partial charge in [-0.1, -0.05) is 118 Å². The smallest absolute Gasteiger partial charge is 0.850 e. The molecule has 0 fully saturated rings. The third kappa shape index (κ3) is 20.7. The maximum absolute atomic E-state index is 10.1. The summed E-state index contributed by atoms with van der Waals surface area (Å²) in [4.78, 5) is 7.28. The Bertz CT molecular complexity index is 7760. The Morgan fingerprint density at radius 3 is 1.09 bits per heavy atom. The summed E-state index contributed by atoms with van der Waals surface area (Å²) in [6.45, 7) is 19.9. The number of hydrogen-bond acceptors (Lipinski definition) is 17. The summed E-state index contributed by atoms with van der Waals surface area (Å²) >= 11 is 17.5. The number of fused-ring (bicyclic) bond motifs is 12. The molecule has 0 aliphatic rings. The van der Waals surface area contributed by atoms with Gasteiger partial charge in [0, 0.05) is 79.0 Å². The van der Waals surface area contributed by atoms with Gasteiger partial charge in [0.25, 0.3) is 0 Å². The van der Waals surface area contributed by atoms with E-state index in [1.807, 2.05) is 170 Å². The maximum atomic E-state index is 10.1. The number of halogens is 4. The fraction of sp³-hybridized carbons (Fsp3) is 0.0400. The quantitative estimate of drug-likeness (QED) is 0.0733. The van der Waals surface area contributed by atoms with Crippen molar-refractivity contribution < 1.29 is 44.3 Å². The molecule has 0 bridgehead atoms.